The molecule has 2 aromatic rings. The second-order valence-corrected chi connectivity index (χ2v) is 5.67. The largest absolute Gasteiger partial charge is 0.383 e. The second-order valence-electron chi connectivity index (χ2n) is 5.67. The molecule has 2 amide bonds. The highest BCUT2D eigenvalue weighted by Gasteiger charge is 2.36. The van der Waals surface area contributed by atoms with Gasteiger partial charge < -0.3 is 19.5 Å². The number of carbonyl (C=O) groups is 2. The zero-order valence-electron chi connectivity index (χ0n) is 13.6. The van der Waals surface area contributed by atoms with Crippen LogP contribution < -0.4 is 10.2 Å². The Bertz CT molecular complexity index is 738. The highest BCUT2D eigenvalue weighted by molar-refractivity contribution is 6.03. The summed E-state index contributed by atoms with van der Waals surface area (Å²) in [6.07, 6.45) is 3.55. The van der Waals surface area contributed by atoms with Crippen LogP contribution in [0.3, 0.4) is 0 Å². The van der Waals surface area contributed by atoms with Crippen LogP contribution in [0.25, 0.3) is 0 Å². The number of hydrogen-bond acceptors (Lipinski definition) is 6. The number of carbonyl (C=O) groups excluding carboxylic acids is 2. The summed E-state index contributed by atoms with van der Waals surface area (Å²) in [6, 6.07) is 1.63. The molecule has 24 heavy (non-hydrogen) atoms. The molecule has 9 heteroatoms. The fourth-order valence-corrected chi connectivity index (χ4v) is 2.59. The first-order valence-corrected chi connectivity index (χ1v) is 7.62. The van der Waals surface area contributed by atoms with Gasteiger partial charge in [0.2, 0.25) is 11.8 Å². The van der Waals surface area contributed by atoms with E-state index in [-0.39, 0.29) is 18.2 Å². The Morgan fingerprint density at radius 2 is 2.38 bits per heavy atom. The molecule has 1 saturated heterocycles. The molecule has 1 atom stereocenters. The molecule has 9 nitrogen and oxygen atoms in total. The Morgan fingerprint density at radius 3 is 3.08 bits per heavy atom. The van der Waals surface area contributed by atoms with Gasteiger partial charge in [-0.3, -0.25) is 14.3 Å². The summed E-state index contributed by atoms with van der Waals surface area (Å²) in [7, 11) is 1.62. The van der Waals surface area contributed by atoms with Crippen molar-refractivity contribution < 1.29 is 18.8 Å². The minimum absolute atomic E-state index is 0.0993. The van der Waals surface area contributed by atoms with Crippen LogP contribution in [0.1, 0.15) is 12.2 Å². The van der Waals surface area contributed by atoms with Gasteiger partial charge >= 0.3 is 0 Å². The van der Waals surface area contributed by atoms with Crippen molar-refractivity contribution in [2.75, 3.05) is 30.5 Å². The zero-order chi connectivity index (χ0) is 17.1. The summed E-state index contributed by atoms with van der Waals surface area (Å²) in [5.74, 6) is 0.189. The summed E-state index contributed by atoms with van der Waals surface area (Å²) < 4.78 is 11.6. The monoisotopic (exact) mass is 333 g/mol. The molecule has 0 bridgehead atoms. The number of aromatic nitrogens is 3. The molecular weight excluding hydrogens is 314 g/mol. The van der Waals surface area contributed by atoms with Gasteiger partial charge in [0.1, 0.15) is 5.76 Å². The van der Waals surface area contributed by atoms with Crippen molar-refractivity contribution in [1.82, 2.24) is 14.9 Å². The summed E-state index contributed by atoms with van der Waals surface area (Å²) >= 11 is 0. The summed E-state index contributed by atoms with van der Waals surface area (Å²) in [6.45, 7) is 3.20. The Morgan fingerprint density at radius 1 is 1.54 bits per heavy atom. The molecule has 1 fully saturated rings. The van der Waals surface area contributed by atoms with Crippen LogP contribution in [0.2, 0.25) is 0 Å². The maximum absolute atomic E-state index is 12.3. The molecule has 0 saturated carbocycles. The first-order chi connectivity index (χ1) is 11.6. The third kappa shape index (κ3) is 3.46. The van der Waals surface area contributed by atoms with E-state index in [2.05, 4.69) is 15.6 Å². The number of amides is 2. The molecule has 3 heterocycles. The standard InChI is InChI=1S/C15H19N5O4/c1-10-5-13(18-24-10)17-15(22)11-6-14(21)20(8-11)12-7-16-19(9-12)3-4-23-2/h5,7,9,11H,3-4,6,8H2,1-2H3,(H,17,18,22). The fourth-order valence-electron chi connectivity index (χ4n) is 2.59. The molecule has 0 spiro atoms. The molecule has 1 aliphatic heterocycles. The number of aryl methyl sites for hydroxylation is 1. The summed E-state index contributed by atoms with van der Waals surface area (Å²) in [5, 5.41) is 10.6. The number of methoxy groups -OCH3 is 1. The van der Waals surface area contributed by atoms with Gasteiger partial charge in [-0.05, 0) is 6.92 Å². The number of rotatable bonds is 6. The minimum Gasteiger partial charge on any atom is -0.383 e. The molecular formula is C15H19N5O4. The van der Waals surface area contributed by atoms with E-state index in [9.17, 15) is 9.59 Å². The molecule has 0 aromatic carbocycles. The SMILES string of the molecule is COCCn1cc(N2CC(C(=O)Nc3cc(C)on3)CC2=O)cn1. The van der Waals surface area contributed by atoms with Crippen LogP contribution in [0, 0.1) is 12.8 Å². The van der Waals surface area contributed by atoms with Crippen LogP contribution in [-0.4, -0.2) is 47.0 Å². The molecule has 1 N–H and O–H groups in total. The first kappa shape index (κ1) is 16.2. The first-order valence-electron chi connectivity index (χ1n) is 7.62. The molecule has 2 aromatic heterocycles. The van der Waals surface area contributed by atoms with Crippen LogP contribution in [0.4, 0.5) is 11.5 Å². The molecule has 128 valence electrons. The maximum Gasteiger partial charge on any atom is 0.231 e. The Balaban J connectivity index is 1.62. The van der Waals surface area contributed by atoms with E-state index >= 15 is 0 Å². The van der Waals surface area contributed by atoms with Gasteiger partial charge in [-0.1, -0.05) is 5.16 Å². The van der Waals surface area contributed by atoms with Crippen molar-refractivity contribution in [1.29, 1.82) is 0 Å². The van der Waals surface area contributed by atoms with Crippen molar-refractivity contribution in [2.45, 2.75) is 19.9 Å². The van der Waals surface area contributed by atoms with E-state index in [4.69, 9.17) is 9.26 Å². The van der Waals surface area contributed by atoms with Gasteiger partial charge in [-0.25, -0.2) is 0 Å². The minimum atomic E-state index is -0.433. The third-order valence-corrected chi connectivity index (χ3v) is 3.83. The number of anilines is 2. The lowest BCUT2D eigenvalue weighted by molar-refractivity contribution is -0.122. The van der Waals surface area contributed by atoms with Gasteiger partial charge in [-0.2, -0.15) is 5.10 Å². The van der Waals surface area contributed by atoms with E-state index in [1.807, 2.05) is 0 Å². The third-order valence-electron chi connectivity index (χ3n) is 3.83. The van der Waals surface area contributed by atoms with Crippen molar-refractivity contribution in [3.05, 3.63) is 24.2 Å². The summed E-state index contributed by atoms with van der Waals surface area (Å²) in [5.41, 5.74) is 0.684. The van der Waals surface area contributed by atoms with Crippen LogP contribution in [0.5, 0.6) is 0 Å². The average Bonchev–Trinajstić information content (AvgIpc) is 3.25. The molecule has 3 rings (SSSR count). The second kappa shape index (κ2) is 6.83. The van der Waals surface area contributed by atoms with Gasteiger partial charge in [0.25, 0.3) is 0 Å². The topological polar surface area (TPSA) is 102 Å². The van der Waals surface area contributed by atoms with E-state index in [1.54, 1.807) is 42.1 Å². The lowest BCUT2D eigenvalue weighted by Gasteiger charge is -2.13. The maximum atomic E-state index is 12.3. The molecule has 0 aliphatic carbocycles. The van der Waals surface area contributed by atoms with Crippen molar-refractivity contribution >= 4 is 23.3 Å². The lowest BCUT2D eigenvalue weighted by atomic mass is 10.1. The van der Waals surface area contributed by atoms with E-state index in [0.29, 0.717) is 37.0 Å². The normalized spacial score (nSPS) is 17.5. The Kier molecular flexibility index (Phi) is 4.61. The predicted molar refractivity (Wildman–Crippen MR) is 84.4 cm³/mol. The van der Waals surface area contributed by atoms with E-state index in [1.165, 1.54) is 0 Å². The predicted octanol–water partition coefficient (Wildman–Crippen LogP) is 0.818. The highest BCUT2D eigenvalue weighted by atomic mass is 16.5. The Labute approximate surface area is 138 Å². The quantitative estimate of drug-likeness (QED) is 0.839. The number of nitrogens with zero attached hydrogens (tertiary/aromatic N) is 4. The Hall–Kier alpha value is -2.68. The molecule has 0 radical (unpaired) electrons. The van der Waals surface area contributed by atoms with Gasteiger partial charge in [-0.15, -0.1) is 0 Å². The lowest BCUT2D eigenvalue weighted by Crippen LogP contribution is -2.28. The highest BCUT2D eigenvalue weighted by Crippen LogP contribution is 2.25. The fraction of sp³-hybridized carbons (Fsp3) is 0.467. The number of ether oxygens (including phenoxy) is 1. The zero-order valence-corrected chi connectivity index (χ0v) is 13.6. The molecule has 1 aliphatic rings. The van der Waals surface area contributed by atoms with Crippen LogP contribution in [0.15, 0.2) is 23.0 Å². The average molecular weight is 333 g/mol. The van der Waals surface area contributed by atoms with Crippen molar-refractivity contribution in [3.8, 4) is 0 Å². The molecule has 1 unspecified atom stereocenters. The van der Waals surface area contributed by atoms with Crippen LogP contribution in [-0.2, 0) is 20.9 Å². The van der Waals surface area contributed by atoms with Gasteiger partial charge in [0.05, 0.1) is 31.0 Å². The number of hydrogen-bond donors (Lipinski definition) is 1. The van der Waals surface area contributed by atoms with Crippen LogP contribution >= 0.6 is 0 Å². The summed E-state index contributed by atoms with van der Waals surface area (Å²) in [4.78, 5) is 26.1. The van der Waals surface area contributed by atoms with Crippen molar-refractivity contribution in [3.63, 3.8) is 0 Å². The van der Waals surface area contributed by atoms with Gasteiger partial charge in [0.15, 0.2) is 5.82 Å². The van der Waals surface area contributed by atoms with Crippen molar-refractivity contribution in [2.24, 2.45) is 5.92 Å². The van der Waals surface area contributed by atoms with E-state index in [0.717, 1.165) is 0 Å². The van der Waals surface area contributed by atoms with E-state index < -0.39 is 5.92 Å². The smallest absolute Gasteiger partial charge is 0.231 e. The van der Waals surface area contributed by atoms with Gasteiger partial charge in [0, 0.05) is 32.3 Å². The number of nitrogens with one attached hydrogen (secondary N) is 1.